The van der Waals surface area contributed by atoms with E-state index in [0.29, 0.717) is 43.6 Å². The number of hydrogen-bond donors (Lipinski definition) is 1. The Morgan fingerprint density at radius 1 is 1.14 bits per heavy atom. The second-order valence-corrected chi connectivity index (χ2v) is 10.3. The smallest absolute Gasteiger partial charge is 0.244 e. The second-order valence-electron chi connectivity index (χ2n) is 8.40. The first-order chi connectivity index (χ1) is 17.0. The van der Waals surface area contributed by atoms with E-state index in [4.69, 9.17) is 12.8 Å². The Hall–Kier alpha value is -3.75. The molecule has 4 heterocycles. The van der Waals surface area contributed by atoms with Crippen LogP contribution in [0.1, 0.15) is 35.6 Å². The van der Waals surface area contributed by atoms with Crippen molar-refractivity contribution >= 4 is 34.8 Å². The summed E-state index contributed by atoms with van der Waals surface area (Å²) in [7, 11) is 2.37. The Bertz CT molecular complexity index is 1510. The van der Waals surface area contributed by atoms with E-state index in [1.165, 1.54) is 16.4 Å². The van der Waals surface area contributed by atoms with Gasteiger partial charge in [-0.15, -0.1) is 0 Å². The van der Waals surface area contributed by atoms with Gasteiger partial charge in [0.15, 0.2) is 0 Å². The van der Waals surface area contributed by atoms with E-state index >= 15 is 0 Å². The molecule has 11 heteroatoms. The van der Waals surface area contributed by atoms with Crippen molar-refractivity contribution in [2.75, 3.05) is 18.4 Å². The quantitative estimate of drug-likeness (QED) is 0.417. The summed E-state index contributed by atoms with van der Waals surface area (Å²) < 4.78 is 29.5. The first-order valence-corrected chi connectivity index (χ1v) is 12.7. The van der Waals surface area contributed by atoms with Gasteiger partial charge in [0, 0.05) is 55.9 Å². The van der Waals surface area contributed by atoms with Crippen molar-refractivity contribution in [1.29, 1.82) is 5.26 Å². The molecule has 9 nitrogen and oxygen atoms in total. The normalized spacial score (nSPS) is 15.2. The molecule has 0 amide bonds. The molecular formula is C24H22BN7O2S. The van der Waals surface area contributed by atoms with Crippen molar-refractivity contribution in [2.24, 2.45) is 0 Å². The number of pyridine rings is 1. The van der Waals surface area contributed by atoms with Crippen LogP contribution in [0.4, 0.5) is 5.82 Å². The topological polar surface area (TPSA) is 116 Å². The summed E-state index contributed by atoms with van der Waals surface area (Å²) in [6, 6.07) is 14.1. The number of piperidine rings is 1. The zero-order valence-corrected chi connectivity index (χ0v) is 19.7. The van der Waals surface area contributed by atoms with Gasteiger partial charge in [-0.3, -0.25) is 4.98 Å². The summed E-state index contributed by atoms with van der Waals surface area (Å²) in [5.74, 6) is 0.814. The Kier molecular flexibility index (Phi) is 6.24. The molecule has 5 rings (SSSR count). The predicted molar refractivity (Wildman–Crippen MR) is 132 cm³/mol. The van der Waals surface area contributed by atoms with Crippen LogP contribution in [0.2, 0.25) is 0 Å². The van der Waals surface area contributed by atoms with E-state index < -0.39 is 10.0 Å². The summed E-state index contributed by atoms with van der Waals surface area (Å²) >= 11 is 0. The maximum absolute atomic E-state index is 13.2. The molecule has 3 aromatic heterocycles. The largest absolute Gasteiger partial charge is 0.366 e. The van der Waals surface area contributed by atoms with Crippen molar-refractivity contribution < 1.29 is 8.42 Å². The molecular weight excluding hydrogens is 461 g/mol. The lowest BCUT2D eigenvalue weighted by Gasteiger charge is -2.31. The van der Waals surface area contributed by atoms with Gasteiger partial charge in [0.25, 0.3) is 0 Å². The molecule has 0 aliphatic carbocycles. The molecule has 4 aromatic rings. The summed E-state index contributed by atoms with van der Waals surface area (Å²) in [5, 5.41) is 17.1. The molecule has 0 unspecified atom stereocenters. The fraction of sp³-hybridized carbons (Fsp3) is 0.250. The molecule has 1 aromatic carbocycles. The highest BCUT2D eigenvalue weighted by atomic mass is 32.2. The zero-order valence-electron chi connectivity index (χ0n) is 18.9. The predicted octanol–water partition coefficient (Wildman–Crippen LogP) is 1.97. The summed E-state index contributed by atoms with van der Waals surface area (Å²) in [5.41, 5.74) is 3.06. The first kappa shape index (κ1) is 23.0. The summed E-state index contributed by atoms with van der Waals surface area (Å²) in [6.45, 7) is 1.24. The van der Waals surface area contributed by atoms with Gasteiger partial charge in [-0.2, -0.15) is 19.2 Å². The third kappa shape index (κ3) is 4.50. The van der Waals surface area contributed by atoms with Gasteiger partial charge in [-0.25, -0.2) is 13.4 Å². The van der Waals surface area contributed by atoms with Gasteiger partial charge < -0.3 is 5.32 Å². The molecule has 1 aliphatic rings. The van der Waals surface area contributed by atoms with Crippen molar-refractivity contribution in [3.8, 4) is 6.07 Å². The number of aromatic nitrogens is 4. The van der Waals surface area contributed by atoms with E-state index in [2.05, 4.69) is 15.4 Å². The molecule has 0 atom stereocenters. The third-order valence-electron chi connectivity index (χ3n) is 6.21. The highest BCUT2D eigenvalue weighted by Gasteiger charge is 2.32. The van der Waals surface area contributed by atoms with Crippen LogP contribution in [0.5, 0.6) is 0 Å². The minimum absolute atomic E-state index is 0.0504. The Morgan fingerprint density at radius 2 is 1.94 bits per heavy atom. The van der Waals surface area contributed by atoms with Gasteiger partial charge in [-0.05, 0) is 42.1 Å². The number of nitrogens with one attached hydrogen (secondary N) is 1. The fourth-order valence-corrected chi connectivity index (χ4v) is 5.96. The van der Waals surface area contributed by atoms with Gasteiger partial charge in [-0.1, -0.05) is 18.2 Å². The fourth-order valence-electron chi connectivity index (χ4n) is 4.34. The first-order valence-electron chi connectivity index (χ1n) is 11.2. The zero-order chi connectivity index (χ0) is 24.4. The van der Waals surface area contributed by atoms with Crippen molar-refractivity contribution in [3.05, 3.63) is 77.9 Å². The monoisotopic (exact) mass is 483 g/mol. The van der Waals surface area contributed by atoms with Crippen molar-refractivity contribution in [1.82, 2.24) is 23.9 Å². The molecule has 0 bridgehead atoms. The van der Waals surface area contributed by atoms with Crippen LogP contribution in [-0.2, 0) is 16.6 Å². The van der Waals surface area contributed by atoms with Crippen LogP contribution in [0.3, 0.4) is 0 Å². The maximum Gasteiger partial charge on any atom is 0.244 e. The average Bonchev–Trinajstić information content (AvgIpc) is 3.28. The molecule has 1 N–H and O–H groups in total. The van der Waals surface area contributed by atoms with Crippen molar-refractivity contribution in [3.63, 3.8) is 0 Å². The molecule has 0 spiro atoms. The Balaban J connectivity index is 1.37. The van der Waals surface area contributed by atoms with Crippen LogP contribution in [0, 0.1) is 11.3 Å². The number of nitriles is 1. The highest BCUT2D eigenvalue weighted by molar-refractivity contribution is 7.89. The SMILES string of the molecule is [B]c1cnn2c(NCc3cccnc3)cc(C3CCN(S(=O)(=O)c4ccccc4C#N)CC3)nc12. The van der Waals surface area contributed by atoms with Gasteiger partial charge in [0.05, 0.1) is 10.5 Å². The molecule has 0 saturated carbocycles. The Morgan fingerprint density at radius 3 is 2.69 bits per heavy atom. The van der Waals surface area contributed by atoms with Gasteiger partial charge in [0.1, 0.15) is 25.4 Å². The van der Waals surface area contributed by atoms with Gasteiger partial charge >= 0.3 is 0 Å². The average molecular weight is 483 g/mol. The van der Waals surface area contributed by atoms with Crippen LogP contribution >= 0.6 is 0 Å². The van der Waals surface area contributed by atoms with E-state index in [9.17, 15) is 13.7 Å². The molecule has 2 radical (unpaired) electrons. The Labute approximate surface area is 204 Å². The van der Waals surface area contributed by atoms with Gasteiger partial charge in [0.2, 0.25) is 10.0 Å². The number of fused-ring (bicyclic) bond motifs is 1. The molecule has 1 saturated heterocycles. The molecule has 35 heavy (non-hydrogen) atoms. The van der Waals surface area contributed by atoms with Crippen LogP contribution in [0.15, 0.2) is 66.0 Å². The van der Waals surface area contributed by atoms with E-state index in [1.54, 1.807) is 35.2 Å². The minimum atomic E-state index is -3.75. The summed E-state index contributed by atoms with van der Waals surface area (Å²) in [6.07, 6.45) is 6.31. The lowest BCUT2D eigenvalue weighted by Crippen LogP contribution is -2.38. The van der Waals surface area contributed by atoms with E-state index in [0.717, 1.165) is 17.1 Å². The van der Waals surface area contributed by atoms with Crippen molar-refractivity contribution in [2.45, 2.75) is 30.2 Å². The number of hydrogen-bond acceptors (Lipinski definition) is 7. The maximum atomic E-state index is 13.2. The standard InChI is InChI=1S/C24H22BN7O2S/c25-20-16-29-32-23(28-15-17-4-3-9-27-14-17)12-21(30-24(20)32)18-7-10-31(11-8-18)35(33,34)22-6-2-1-5-19(22)13-26/h1-6,9,12,14,16,18,28H,7-8,10-11,15H2. The number of nitrogens with zero attached hydrogens (tertiary/aromatic N) is 6. The van der Waals surface area contributed by atoms with E-state index in [-0.39, 0.29) is 16.4 Å². The lowest BCUT2D eigenvalue weighted by molar-refractivity contribution is 0.317. The second kappa shape index (κ2) is 9.48. The van der Waals surface area contributed by atoms with Crippen LogP contribution in [0.25, 0.3) is 5.65 Å². The molecule has 1 aliphatic heterocycles. The summed E-state index contributed by atoms with van der Waals surface area (Å²) in [4.78, 5) is 8.96. The lowest BCUT2D eigenvalue weighted by atomic mass is 9.94. The minimum Gasteiger partial charge on any atom is -0.366 e. The molecule has 174 valence electrons. The van der Waals surface area contributed by atoms with Crippen LogP contribution < -0.4 is 10.8 Å². The highest BCUT2D eigenvalue weighted by Crippen LogP contribution is 2.32. The van der Waals surface area contributed by atoms with E-state index in [1.807, 2.05) is 24.3 Å². The third-order valence-corrected chi connectivity index (χ3v) is 8.17. The number of benzene rings is 1. The van der Waals surface area contributed by atoms with Crippen LogP contribution in [-0.4, -0.2) is 53.2 Å². The molecule has 1 fully saturated rings. The number of anilines is 1. The number of sulfonamides is 1. The number of rotatable bonds is 6.